The van der Waals surface area contributed by atoms with Crippen molar-refractivity contribution < 1.29 is 14.7 Å². The Morgan fingerprint density at radius 1 is 1.24 bits per heavy atom. The van der Waals surface area contributed by atoms with Crippen LogP contribution in [0.25, 0.3) is 0 Å². The molecule has 5 heteroatoms. The summed E-state index contributed by atoms with van der Waals surface area (Å²) in [5, 5.41) is 14.4. The average molecular weight is 244 g/mol. The quantitative estimate of drug-likeness (QED) is 0.519. The lowest BCUT2D eigenvalue weighted by atomic mass is 10.1. The van der Waals surface area contributed by atoms with Crippen molar-refractivity contribution >= 4 is 11.8 Å². The smallest absolute Gasteiger partial charge is 0.220 e. The number of hydrogen-bond donors (Lipinski definition) is 3. The summed E-state index contributed by atoms with van der Waals surface area (Å²) in [5.41, 5.74) is 0. The molecular formula is C12H24N2O3. The summed E-state index contributed by atoms with van der Waals surface area (Å²) in [6, 6.07) is -0.123. The molecule has 100 valence electrons. The van der Waals surface area contributed by atoms with Gasteiger partial charge in [0.1, 0.15) is 0 Å². The van der Waals surface area contributed by atoms with Crippen molar-refractivity contribution in [2.24, 2.45) is 0 Å². The minimum atomic E-state index is -0.123. The van der Waals surface area contributed by atoms with E-state index in [1.165, 1.54) is 6.92 Å². The van der Waals surface area contributed by atoms with E-state index in [0.29, 0.717) is 13.0 Å². The summed E-state index contributed by atoms with van der Waals surface area (Å²) in [7, 11) is 0. The Morgan fingerprint density at radius 3 is 2.47 bits per heavy atom. The van der Waals surface area contributed by atoms with Crippen LogP contribution < -0.4 is 10.6 Å². The van der Waals surface area contributed by atoms with Gasteiger partial charge < -0.3 is 15.7 Å². The van der Waals surface area contributed by atoms with Crippen LogP contribution in [0.5, 0.6) is 0 Å². The molecule has 5 nitrogen and oxygen atoms in total. The zero-order chi connectivity index (χ0) is 13.1. The van der Waals surface area contributed by atoms with Gasteiger partial charge >= 0.3 is 0 Å². The SMILES string of the molecule is CCC(CO)NC(=O)CCCCCNC(C)=O. The lowest BCUT2D eigenvalue weighted by molar-refractivity contribution is -0.122. The standard InChI is InChI=1S/C12H24N2O3/c1-3-11(9-15)14-12(17)7-5-4-6-8-13-10(2)16/h11,15H,3-9H2,1-2H3,(H,13,16)(H,14,17). The highest BCUT2D eigenvalue weighted by Gasteiger charge is 2.08. The van der Waals surface area contributed by atoms with Crippen molar-refractivity contribution in [2.45, 2.75) is 52.0 Å². The molecule has 0 bridgehead atoms. The predicted octanol–water partition coefficient (Wildman–Crippen LogP) is 0.570. The highest BCUT2D eigenvalue weighted by atomic mass is 16.3. The molecule has 0 saturated heterocycles. The van der Waals surface area contributed by atoms with Gasteiger partial charge in [-0.1, -0.05) is 13.3 Å². The molecule has 0 aliphatic carbocycles. The number of carbonyl (C=O) groups excluding carboxylic acids is 2. The third kappa shape index (κ3) is 9.81. The number of unbranched alkanes of at least 4 members (excludes halogenated alkanes) is 2. The Kier molecular flexibility index (Phi) is 9.43. The molecule has 0 spiro atoms. The Labute approximate surface area is 103 Å². The van der Waals surface area contributed by atoms with Crippen LogP contribution in [0.2, 0.25) is 0 Å². The van der Waals surface area contributed by atoms with E-state index in [2.05, 4.69) is 10.6 Å². The zero-order valence-corrected chi connectivity index (χ0v) is 10.8. The number of amides is 2. The molecule has 0 aromatic rings. The van der Waals surface area contributed by atoms with Gasteiger partial charge in [-0.25, -0.2) is 0 Å². The van der Waals surface area contributed by atoms with E-state index in [4.69, 9.17) is 5.11 Å². The van der Waals surface area contributed by atoms with Crippen LogP contribution in [0.1, 0.15) is 46.0 Å². The molecule has 0 aromatic carbocycles. The van der Waals surface area contributed by atoms with Gasteiger partial charge in [0.15, 0.2) is 0 Å². The lowest BCUT2D eigenvalue weighted by Gasteiger charge is -2.13. The van der Waals surface area contributed by atoms with Crippen LogP contribution in [0.15, 0.2) is 0 Å². The third-order valence-corrected chi connectivity index (χ3v) is 2.53. The van der Waals surface area contributed by atoms with Crippen molar-refractivity contribution in [3.8, 4) is 0 Å². The molecule has 2 amide bonds. The number of carbonyl (C=O) groups is 2. The summed E-state index contributed by atoms with van der Waals surface area (Å²) < 4.78 is 0. The maximum atomic E-state index is 11.4. The van der Waals surface area contributed by atoms with Gasteiger partial charge in [0.2, 0.25) is 11.8 Å². The van der Waals surface area contributed by atoms with Crippen LogP contribution in [0.3, 0.4) is 0 Å². The van der Waals surface area contributed by atoms with E-state index in [1.807, 2.05) is 6.92 Å². The molecule has 0 aliphatic heterocycles. The first-order valence-electron chi connectivity index (χ1n) is 6.24. The average Bonchev–Trinajstić information content (AvgIpc) is 2.30. The normalized spacial score (nSPS) is 11.9. The van der Waals surface area contributed by atoms with Gasteiger partial charge in [-0.2, -0.15) is 0 Å². The van der Waals surface area contributed by atoms with E-state index in [1.54, 1.807) is 0 Å². The molecule has 0 fully saturated rings. The van der Waals surface area contributed by atoms with Crippen LogP contribution in [-0.4, -0.2) is 36.1 Å². The first-order chi connectivity index (χ1) is 8.10. The number of aliphatic hydroxyl groups is 1. The third-order valence-electron chi connectivity index (χ3n) is 2.53. The highest BCUT2D eigenvalue weighted by molar-refractivity contribution is 5.76. The largest absolute Gasteiger partial charge is 0.394 e. The minimum absolute atomic E-state index is 0.00886. The molecule has 0 radical (unpaired) electrons. The molecule has 17 heavy (non-hydrogen) atoms. The fourth-order valence-electron chi connectivity index (χ4n) is 1.43. The summed E-state index contributed by atoms with van der Waals surface area (Å²) in [6.45, 7) is 4.08. The molecule has 0 heterocycles. The number of rotatable bonds is 9. The second kappa shape index (κ2) is 10.1. The highest BCUT2D eigenvalue weighted by Crippen LogP contribution is 2.00. The van der Waals surface area contributed by atoms with Gasteiger partial charge in [0.25, 0.3) is 0 Å². The molecule has 0 aliphatic rings. The Balaban J connectivity index is 3.42. The van der Waals surface area contributed by atoms with E-state index in [0.717, 1.165) is 25.7 Å². The maximum absolute atomic E-state index is 11.4. The van der Waals surface area contributed by atoms with Crippen LogP contribution in [0.4, 0.5) is 0 Å². The van der Waals surface area contributed by atoms with Crippen molar-refractivity contribution in [2.75, 3.05) is 13.2 Å². The number of nitrogens with one attached hydrogen (secondary N) is 2. The monoisotopic (exact) mass is 244 g/mol. The fourth-order valence-corrected chi connectivity index (χ4v) is 1.43. The molecule has 1 unspecified atom stereocenters. The van der Waals surface area contributed by atoms with Crippen molar-refractivity contribution in [3.05, 3.63) is 0 Å². The van der Waals surface area contributed by atoms with Gasteiger partial charge in [-0.05, 0) is 19.3 Å². The fraction of sp³-hybridized carbons (Fsp3) is 0.833. The van der Waals surface area contributed by atoms with E-state index < -0.39 is 0 Å². The van der Waals surface area contributed by atoms with Gasteiger partial charge in [-0.15, -0.1) is 0 Å². The summed E-state index contributed by atoms with van der Waals surface area (Å²) in [4.78, 5) is 22.0. The van der Waals surface area contributed by atoms with Crippen LogP contribution >= 0.6 is 0 Å². The van der Waals surface area contributed by atoms with Crippen molar-refractivity contribution in [1.29, 1.82) is 0 Å². The Hall–Kier alpha value is -1.10. The summed E-state index contributed by atoms with van der Waals surface area (Å²) >= 11 is 0. The predicted molar refractivity (Wildman–Crippen MR) is 66.5 cm³/mol. The topological polar surface area (TPSA) is 78.4 Å². The van der Waals surface area contributed by atoms with Crippen molar-refractivity contribution in [1.82, 2.24) is 10.6 Å². The summed E-state index contributed by atoms with van der Waals surface area (Å²) in [5.74, 6) is -0.0260. The van der Waals surface area contributed by atoms with E-state index in [9.17, 15) is 9.59 Å². The lowest BCUT2D eigenvalue weighted by Crippen LogP contribution is -2.36. The molecule has 0 rings (SSSR count). The summed E-state index contributed by atoms with van der Waals surface area (Å²) in [6.07, 6.45) is 3.85. The molecular weight excluding hydrogens is 220 g/mol. The Bertz CT molecular complexity index is 228. The maximum Gasteiger partial charge on any atom is 0.220 e. The second-order valence-electron chi connectivity index (χ2n) is 4.15. The first-order valence-corrected chi connectivity index (χ1v) is 6.24. The van der Waals surface area contributed by atoms with Crippen LogP contribution in [0, 0.1) is 0 Å². The van der Waals surface area contributed by atoms with Gasteiger partial charge in [-0.3, -0.25) is 9.59 Å². The van der Waals surface area contributed by atoms with Crippen molar-refractivity contribution in [3.63, 3.8) is 0 Å². The van der Waals surface area contributed by atoms with E-state index in [-0.39, 0.29) is 24.5 Å². The molecule has 0 aromatic heterocycles. The minimum Gasteiger partial charge on any atom is -0.394 e. The zero-order valence-electron chi connectivity index (χ0n) is 10.8. The Morgan fingerprint density at radius 2 is 1.94 bits per heavy atom. The second-order valence-corrected chi connectivity index (χ2v) is 4.15. The molecule has 1 atom stereocenters. The number of hydrogen-bond acceptors (Lipinski definition) is 3. The van der Waals surface area contributed by atoms with Gasteiger partial charge in [0, 0.05) is 19.9 Å². The van der Waals surface area contributed by atoms with Crippen LogP contribution in [-0.2, 0) is 9.59 Å². The van der Waals surface area contributed by atoms with E-state index >= 15 is 0 Å². The molecule has 3 N–H and O–H groups in total. The first kappa shape index (κ1) is 15.9. The van der Waals surface area contributed by atoms with Gasteiger partial charge in [0.05, 0.1) is 12.6 Å². The molecule has 0 saturated carbocycles. The number of aliphatic hydroxyl groups excluding tert-OH is 1.